The molecule has 0 unspecified atom stereocenters. The van der Waals surface area contributed by atoms with Gasteiger partial charge in [-0.15, -0.1) is 0 Å². The number of hydrogen-bond acceptors (Lipinski definition) is 6. The Labute approximate surface area is 214 Å². The van der Waals surface area contributed by atoms with Crippen molar-refractivity contribution >= 4 is 18.0 Å². The van der Waals surface area contributed by atoms with Crippen molar-refractivity contribution in [3.63, 3.8) is 0 Å². The Morgan fingerprint density at radius 2 is 1.69 bits per heavy atom. The number of carbonyl (C=O) groups is 2. The van der Waals surface area contributed by atoms with Crippen molar-refractivity contribution in [2.75, 3.05) is 19.8 Å². The van der Waals surface area contributed by atoms with Gasteiger partial charge in [-0.05, 0) is 67.5 Å². The number of amides is 2. The highest BCUT2D eigenvalue weighted by molar-refractivity contribution is 5.89. The van der Waals surface area contributed by atoms with Crippen LogP contribution in [0, 0.1) is 18.8 Å². The second kappa shape index (κ2) is 14.8. The van der Waals surface area contributed by atoms with E-state index >= 15 is 0 Å². The topological polar surface area (TPSA) is 98.2 Å². The number of nitrogens with one attached hydrogen (secondary N) is 2. The molecule has 2 aromatic rings. The van der Waals surface area contributed by atoms with Gasteiger partial charge in [0.05, 0.1) is 19.4 Å². The summed E-state index contributed by atoms with van der Waals surface area (Å²) in [5.74, 6) is 1.73. The number of ether oxygens (including phenoxy) is 3. The Morgan fingerprint density at radius 1 is 0.944 bits per heavy atom. The lowest BCUT2D eigenvalue weighted by Gasteiger charge is -2.19. The van der Waals surface area contributed by atoms with Crippen molar-refractivity contribution in [3.8, 4) is 17.2 Å². The van der Waals surface area contributed by atoms with Gasteiger partial charge in [0.25, 0.3) is 11.8 Å². The van der Waals surface area contributed by atoms with Crippen LogP contribution in [-0.2, 0) is 9.59 Å². The SMILES string of the molecule is CCOc1cc(/C=N\NC(=O)[C@H](CC(C)C)NC(=O)COc2ccccc2C)ccc1OCC(C)C. The van der Waals surface area contributed by atoms with Crippen molar-refractivity contribution in [2.45, 2.75) is 54.0 Å². The minimum atomic E-state index is -0.735. The number of aryl methyl sites for hydroxylation is 1. The largest absolute Gasteiger partial charge is 0.490 e. The summed E-state index contributed by atoms with van der Waals surface area (Å²) in [6, 6.07) is 12.2. The van der Waals surface area contributed by atoms with Crippen LogP contribution in [0.5, 0.6) is 17.2 Å². The summed E-state index contributed by atoms with van der Waals surface area (Å²) in [6.07, 6.45) is 2.00. The van der Waals surface area contributed by atoms with Crippen LogP contribution >= 0.6 is 0 Å². The molecule has 36 heavy (non-hydrogen) atoms. The van der Waals surface area contributed by atoms with Gasteiger partial charge in [-0.2, -0.15) is 5.10 Å². The van der Waals surface area contributed by atoms with Gasteiger partial charge < -0.3 is 19.5 Å². The summed E-state index contributed by atoms with van der Waals surface area (Å²) in [5, 5.41) is 6.84. The van der Waals surface area contributed by atoms with E-state index in [4.69, 9.17) is 14.2 Å². The van der Waals surface area contributed by atoms with E-state index < -0.39 is 11.9 Å². The molecule has 0 bridgehead atoms. The maximum Gasteiger partial charge on any atom is 0.262 e. The Morgan fingerprint density at radius 3 is 2.36 bits per heavy atom. The molecule has 0 aliphatic rings. The van der Waals surface area contributed by atoms with Crippen molar-refractivity contribution in [1.29, 1.82) is 0 Å². The standard InChI is InChI=1S/C28H39N3O5/c1-7-34-26-15-22(12-13-25(26)35-17-20(4)5)16-29-31-28(33)23(14-19(2)3)30-27(32)18-36-24-11-9-8-10-21(24)6/h8-13,15-16,19-20,23H,7,14,17-18H2,1-6H3,(H,30,32)(H,31,33)/b29-16-/t23-/m0/s1. The van der Waals surface area contributed by atoms with Gasteiger partial charge in [0, 0.05) is 0 Å². The molecule has 1 atom stereocenters. The van der Waals surface area contributed by atoms with Gasteiger partial charge in [-0.1, -0.05) is 45.9 Å². The van der Waals surface area contributed by atoms with E-state index in [0.29, 0.717) is 42.8 Å². The minimum Gasteiger partial charge on any atom is -0.490 e. The molecule has 2 N–H and O–H groups in total. The molecule has 0 aliphatic carbocycles. The number of hydrogen-bond donors (Lipinski definition) is 2. The van der Waals surface area contributed by atoms with Crippen LogP contribution in [0.4, 0.5) is 0 Å². The summed E-state index contributed by atoms with van der Waals surface area (Å²) in [4.78, 5) is 25.2. The van der Waals surface area contributed by atoms with E-state index in [-0.39, 0.29) is 18.4 Å². The molecule has 0 saturated carbocycles. The summed E-state index contributed by atoms with van der Waals surface area (Å²) >= 11 is 0. The maximum atomic E-state index is 12.8. The quantitative estimate of drug-likeness (QED) is 0.296. The Balaban J connectivity index is 1.98. The molecule has 0 aromatic heterocycles. The summed E-state index contributed by atoms with van der Waals surface area (Å²) in [6.45, 7) is 12.8. The average Bonchev–Trinajstić information content (AvgIpc) is 2.82. The monoisotopic (exact) mass is 497 g/mol. The maximum absolute atomic E-state index is 12.8. The average molecular weight is 498 g/mol. The fraction of sp³-hybridized carbons (Fsp3) is 0.464. The molecule has 0 radical (unpaired) electrons. The lowest BCUT2D eigenvalue weighted by Crippen LogP contribution is -2.47. The highest BCUT2D eigenvalue weighted by atomic mass is 16.5. The molecule has 2 rings (SSSR count). The fourth-order valence-electron chi connectivity index (χ4n) is 3.30. The molecule has 8 heteroatoms. The molecule has 0 aliphatic heterocycles. The zero-order valence-corrected chi connectivity index (χ0v) is 22.2. The molecule has 0 spiro atoms. The van der Waals surface area contributed by atoms with E-state index in [0.717, 1.165) is 11.1 Å². The number of rotatable bonds is 14. The smallest absolute Gasteiger partial charge is 0.262 e. The lowest BCUT2D eigenvalue weighted by atomic mass is 10.0. The second-order valence-corrected chi connectivity index (χ2v) is 9.38. The minimum absolute atomic E-state index is 0.179. The van der Waals surface area contributed by atoms with Crippen LogP contribution in [0.3, 0.4) is 0 Å². The van der Waals surface area contributed by atoms with Crippen LogP contribution in [0.25, 0.3) is 0 Å². The van der Waals surface area contributed by atoms with Gasteiger partial charge in [0.2, 0.25) is 0 Å². The molecule has 0 fully saturated rings. The molecule has 0 heterocycles. The first kappa shape index (κ1) is 28.7. The number of carbonyl (C=O) groups excluding carboxylic acids is 2. The number of hydrazone groups is 1. The zero-order chi connectivity index (χ0) is 26.5. The van der Waals surface area contributed by atoms with E-state index in [1.54, 1.807) is 6.07 Å². The highest BCUT2D eigenvalue weighted by Crippen LogP contribution is 2.28. The normalized spacial score (nSPS) is 12.0. The van der Waals surface area contributed by atoms with Gasteiger partial charge in [0.1, 0.15) is 11.8 Å². The first-order valence-corrected chi connectivity index (χ1v) is 12.4. The van der Waals surface area contributed by atoms with Gasteiger partial charge in [0.15, 0.2) is 18.1 Å². The molecule has 8 nitrogen and oxygen atoms in total. The summed E-state index contributed by atoms with van der Waals surface area (Å²) in [7, 11) is 0. The van der Waals surface area contributed by atoms with E-state index in [9.17, 15) is 9.59 Å². The molecule has 2 aromatic carbocycles. The van der Waals surface area contributed by atoms with Crippen molar-refractivity contribution in [3.05, 3.63) is 53.6 Å². The third-order valence-electron chi connectivity index (χ3n) is 5.04. The predicted octanol–water partition coefficient (Wildman–Crippen LogP) is 4.49. The predicted molar refractivity (Wildman–Crippen MR) is 142 cm³/mol. The first-order chi connectivity index (χ1) is 17.2. The second-order valence-electron chi connectivity index (χ2n) is 9.38. The fourth-order valence-corrected chi connectivity index (χ4v) is 3.30. The Kier molecular flexibility index (Phi) is 11.8. The van der Waals surface area contributed by atoms with Crippen LogP contribution in [-0.4, -0.2) is 43.9 Å². The van der Waals surface area contributed by atoms with Crippen LogP contribution < -0.4 is 25.0 Å². The van der Waals surface area contributed by atoms with Gasteiger partial charge in [-0.3, -0.25) is 9.59 Å². The molecule has 0 saturated heterocycles. The van der Waals surface area contributed by atoms with Crippen LogP contribution in [0.1, 0.15) is 52.2 Å². The van der Waals surface area contributed by atoms with Crippen molar-refractivity contribution < 1.29 is 23.8 Å². The Bertz CT molecular complexity index is 1020. The Hall–Kier alpha value is -3.55. The van der Waals surface area contributed by atoms with Crippen LogP contribution in [0.15, 0.2) is 47.6 Å². The van der Waals surface area contributed by atoms with E-state index in [2.05, 4.69) is 29.7 Å². The van der Waals surface area contributed by atoms with Gasteiger partial charge in [-0.25, -0.2) is 5.43 Å². The van der Waals surface area contributed by atoms with E-state index in [1.807, 2.05) is 64.1 Å². The summed E-state index contributed by atoms with van der Waals surface area (Å²) in [5.41, 5.74) is 4.21. The third kappa shape index (κ3) is 9.98. The van der Waals surface area contributed by atoms with E-state index in [1.165, 1.54) is 6.21 Å². The summed E-state index contributed by atoms with van der Waals surface area (Å²) < 4.78 is 17.1. The van der Waals surface area contributed by atoms with Crippen molar-refractivity contribution in [2.24, 2.45) is 16.9 Å². The molecular formula is C28H39N3O5. The zero-order valence-electron chi connectivity index (χ0n) is 22.2. The number of benzene rings is 2. The molecule has 2 amide bonds. The third-order valence-corrected chi connectivity index (χ3v) is 5.04. The molecule has 196 valence electrons. The van der Waals surface area contributed by atoms with Crippen LogP contribution in [0.2, 0.25) is 0 Å². The molecular weight excluding hydrogens is 458 g/mol. The lowest BCUT2D eigenvalue weighted by molar-refractivity contribution is -0.130. The highest BCUT2D eigenvalue weighted by Gasteiger charge is 2.22. The first-order valence-electron chi connectivity index (χ1n) is 12.4. The number of nitrogens with zero attached hydrogens (tertiary/aromatic N) is 1. The van der Waals surface area contributed by atoms with Crippen molar-refractivity contribution in [1.82, 2.24) is 10.7 Å². The number of para-hydroxylation sites is 1. The van der Waals surface area contributed by atoms with Gasteiger partial charge >= 0.3 is 0 Å².